The van der Waals surface area contributed by atoms with Gasteiger partial charge in [0.15, 0.2) is 0 Å². The first-order chi connectivity index (χ1) is 8.13. The predicted octanol–water partition coefficient (Wildman–Crippen LogP) is 1.60. The van der Waals surface area contributed by atoms with Crippen molar-refractivity contribution in [2.45, 2.75) is 18.9 Å². The molecule has 1 unspecified atom stereocenters. The second-order valence-electron chi connectivity index (χ2n) is 3.73. The largest absolute Gasteiger partial charge is 0.490 e. The van der Waals surface area contributed by atoms with Crippen LogP contribution < -0.4 is 10.5 Å². The third kappa shape index (κ3) is 4.70. The number of benzene rings is 1. The molecule has 92 valence electrons. The van der Waals surface area contributed by atoms with Crippen LogP contribution in [0.25, 0.3) is 0 Å². The molecule has 1 aromatic rings. The summed E-state index contributed by atoms with van der Waals surface area (Å²) in [5.74, 6) is -0.188. The SMILES string of the molecule is C=CCOc1ccc(CCC(N)C(=O)O)cc1. The third-order valence-corrected chi connectivity index (χ3v) is 2.35. The van der Waals surface area contributed by atoms with E-state index in [9.17, 15) is 4.79 Å². The van der Waals surface area contributed by atoms with Crippen molar-refractivity contribution < 1.29 is 14.6 Å². The van der Waals surface area contributed by atoms with Crippen molar-refractivity contribution in [3.8, 4) is 5.75 Å². The zero-order valence-corrected chi connectivity index (χ0v) is 9.63. The minimum Gasteiger partial charge on any atom is -0.490 e. The van der Waals surface area contributed by atoms with Crippen molar-refractivity contribution in [3.63, 3.8) is 0 Å². The molecule has 0 aromatic heterocycles. The van der Waals surface area contributed by atoms with Gasteiger partial charge in [0, 0.05) is 0 Å². The van der Waals surface area contributed by atoms with Crippen molar-refractivity contribution >= 4 is 5.97 Å². The van der Waals surface area contributed by atoms with E-state index in [0.29, 0.717) is 19.4 Å². The van der Waals surface area contributed by atoms with E-state index < -0.39 is 12.0 Å². The minimum atomic E-state index is -0.962. The first-order valence-corrected chi connectivity index (χ1v) is 5.44. The summed E-state index contributed by atoms with van der Waals surface area (Å²) in [6.07, 6.45) is 2.76. The topological polar surface area (TPSA) is 72.5 Å². The standard InChI is InChI=1S/C13H17NO3/c1-2-9-17-11-6-3-10(4-7-11)5-8-12(14)13(15)16/h2-4,6-7,12H,1,5,8-9,14H2,(H,15,16). The summed E-state index contributed by atoms with van der Waals surface area (Å²) in [7, 11) is 0. The Hall–Kier alpha value is -1.81. The molecule has 1 rings (SSSR count). The Labute approximate surface area is 101 Å². The van der Waals surface area contributed by atoms with Gasteiger partial charge in [0.2, 0.25) is 0 Å². The molecule has 3 N–H and O–H groups in total. The molecule has 0 bridgehead atoms. The monoisotopic (exact) mass is 235 g/mol. The number of hydrogen-bond donors (Lipinski definition) is 2. The van der Waals surface area contributed by atoms with E-state index in [0.717, 1.165) is 11.3 Å². The smallest absolute Gasteiger partial charge is 0.320 e. The Balaban J connectivity index is 2.45. The molecule has 0 fully saturated rings. The summed E-state index contributed by atoms with van der Waals surface area (Å²) in [4.78, 5) is 10.5. The van der Waals surface area contributed by atoms with Gasteiger partial charge >= 0.3 is 5.97 Å². The van der Waals surface area contributed by atoms with Gasteiger partial charge in [-0.05, 0) is 30.5 Å². The quantitative estimate of drug-likeness (QED) is 0.704. The molecule has 0 aliphatic heterocycles. The minimum absolute atomic E-state index is 0.433. The number of carboxylic acid groups (broad SMARTS) is 1. The molecule has 0 heterocycles. The van der Waals surface area contributed by atoms with Gasteiger partial charge in [-0.3, -0.25) is 4.79 Å². The third-order valence-electron chi connectivity index (χ3n) is 2.35. The van der Waals surface area contributed by atoms with Crippen molar-refractivity contribution in [3.05, 3.63) is 42.5 Å². The second kappa shape index (κ2) is 6.70. The zero-order chi connectivity index (χ0) is 12.7. The highest BCUT2D eigenvalue weighted by atomic mass is 16.5. The molecule has 0 radical (unpaired) electrons. The molecule has 0 saturated heterocycles. The van der Waals surface area contributed by atoms with Crippen LogP contribution >= 0.6 is 0 Å². The van der Waals surface area contributed by atoms with E-state index in [1.807, 2.05) is 24.3 Å². The Morgan fingerprint density at radius 1 is 1.47 bits per heavy atom. The number of aliphatic carboxylic acids is 1. The summed E-state index contributed by atoms with van der Waals surface area (Å²) in [5, 5.41) is 8.65. The number of ether oxygens (including phenoxy) is 1. The molecule has 4 heteroatoms. The maximum absolute atomic E-state index is 10.5. The van der Waals surface area contributed by atoms with Crippen molar-refractivity contribution in [2.24, 2.45) is 5.73 Å². The molecular formula is C13H17NO3. The number of carboxylic acids is 1. The summed E-state index contributed by atoms with van der Waals surface area (Å²) < 4.78 is 5.34. The maximum Gasteiger partial charge on any atom is 0.320 e. The van der Waals surface area contributed by atoms with Crippen molar-refractivity contribution in [1.82, 2.24) is 0 Å². The highest BCUT2D eigenvalue weighted by Gasteiger charge is 2.10. The second-order valence-corrected chi connectivity index (χ2v) is 3.73. The molecule has 17 heavy (non-hydrogen) atoms. The lowest BCUT2D eigenvalue weighted by atomic mass is 10.1. The van der Waals surface area contributed by atoms with Gasteiger partial charge < -0.3 is 15.6 Å². The van der Waals surface area contributed by atoms with E-state index in [-0.39, 0.29) is 0 Å². The van der Waals surface area contributed by atoms with Crippen LogP contribution in [0.2, 0.25) is 0 Å². The molecule has 0 amide bonds. The lowest BCUT2D eigenvalue weighted by Crippen LogP contribution is -2.30. The van der Waals surface area contributed by atoms with Gasteiger partial charge in [0.25, 0.3) is 0 Å². The van der Waals surface area contributed by atoms with Crippen molar-refractivity contribution in [1.29, 1.82) is 0 Å². The predicted molar refractivity (Wildman–Crippen MR) is 66.1 cm³/mol. The number of carbonyl (C=O) groups is 1. The number of nitrogens with two attached hydrogens (primary N) is 1. The van der Waals surface area contributed by atoms with Crippen LogP contribution in [0.1, 0.15) is 12.0 Å². The highest BCUT2D eigenvalue weighted by Crippen LogP contribution is 2.13. The van der Waals surface area contributed by atoms with Crippen LogP contribution in [0.3, 0.4) is 0 Å². The Kier molecular flexibility index (Phi) is 5.23. The van der Waals surface area contributed by atoms with Gasteiger partial charge in [0.1, 0.15) is 18.4 Å². The van der Waals surface area contributed by atoms with E-state index in [4.69, 9.17) is 15.6 Å². The molecule has 0 saturated carbocycles. The number of hydrogen-bond acceptors (Lipinski definition) is 3. The van der Waals surface area contributed by atoms with Crippen LogP contribution in [-0.4, -0.2) is 23.7 Å². The van der Waals surface area contributed by atoms with Crippen LogP contribution in [0.4, 0.5) is 0 Å². The Morgan fingerprint density at radius 3 is 2.65 bits per heavy atom. The summed E-state index contributed by atoms with van der Waals surface area (Å²) in [6, 6.07) is 6.72. The lowest BCUT2D eigenvalue weighted by Gasteiger charge is -2.07. The molecule has 0 spiro atoms. The van der Waals surface area contributed by atoms with E-state index in [1.54, 1.807) is 6.08 Å². The Morgan fingerprint density at radius 2 is 2.12 bits per heavy atom. The van der Waals surface area contributed by atoms with Gasteiger partial charge in [-0.1, -0.05) is 24.8 Å². The number of aryl methyl sites for hydroxylation is 1. The highest BCUT2D eigenvalue weighted by molar-refractivity contribution is 5.73. The fraction of sp³-hybridized carbons (Fsp3) is 0.308. The maximum atomic E-state index is 10.5. The molecule has 4 nitrogen and oxygen atoms in total. The van der Waals surface area contributed by atoms with Gasteiger partial charge in [-0.25, -0.2) is 0 Å². The van der Waals surface area contributed by atoms with E-state index in [2.05, 4.69) is 6.58 Å². The summed E-state index contributed by atoms with van der Waals surface area (Å²) >= 11 is 0. The van der Waals surface area contributed by atoms with E-state index >= 15 is 0 Å². The zero-order valence-electron chi connectivity index (χ0n) is 9.63. The summed E-state index contributed by atoms with van der Waals surface area (Å²) in [5.41, 5.74) is 6.47. The molecular weight excluding hydrogens is 218 g/mol. The van der Waals surface area contributed by atoms with Crippen LogP contribution in [0.15, 0.2) is 36.9 Å². The lowest BCUT2D eigenvalue weighted by molar-refractivity contribution is -0.138. The molecule has 1 aromatic carbocycles. The van der Waals surface area contributed by atoms with Gasteiger partial charge in [-0.2, -0.15) is 0 Å². The van der Waals surface area contributed by atoms with Crippen molar-refractivity contribution in [2.75, 3.05) is 6.61 Å². The summed E-state index contributed by atoms with van der Waals surface area (Å²) in [6.45, 7) is 4.04. The van der Waals surface area contributed by atoms with Crippen LogP contribution in [0, 0.1) is 0 Å². The Bertz CT molecular complexity index is 373. The first kappa shape index (κ1) is 13.3. The van der Waals surface area contributed by atoms with Gasteiger partial charge in [-0.15, -0.1) is 0 Å². The fourth-order valence-electron chi connectivity index (χ4n) is 1.35. The molecule has 0 aliphatic rings. The van der Waals surface area contributed by atoms with Crippen LogP contribution in [0.5, 0.6) is 5.75 Å². The molecule has 1 atom stereocenters. The molecule has 0 aliphatic carbocycles. The normalized spacial score (nSPS) is 11.8. The first-order valence-electron chi connectivity index (χ1n) is 5.44. The van der Waals surface area contributed by atoms with Crippen LogP contribution in [-0.2, 0) is 11.2 Å². The van der Waals surface area contributed by atoms with Gasteiger partial charge in [0.05, 0.1) is 0 Å². The average Bonchev–Trinajstić information content (AvgIpc) is 2.34. The average molecular weight is 235 g/mol. The number of rotatable bonds is 7. The van der Waals surface area contributed by atoms with E-state index in [1.165, 1.54) is 0 Å². The fourth-order valence-corrected chi connectivity index (χ4v) is 1.35.